The number of aryl methyl sites for hydroxylation is 1. The number of nitrogens with zero attached hydrogens (tertiary/aromatic N) is 2. The van der Waals surface area contributed by atoms with Gasteiger partial charge in [0.05, 0.1) is 16.3 Å². The first-order valence-corrected chi connectivity index (χ1v) is 14.8. The predicted molar refractivity (Wildman–Crippen MR) is 151 cm³/mol. The van der Waals surface area contributed by atoms with E-state index in [4.69, 9.17) is 4.98 Å². The van der Waals surface area contributed by atoms with Gasteiger partial charge in [0.25, 0.3) is 0 Å². The van der Waals surface area contributed by atoms with Gasteiger partial charge in [0.15, 0.2) is 0 Å². The largest absolute Gasteiger partial charge is 0.344 e. The van der Waals surface area contributed by atoms with Gasteiger partial charge in [0.2, 0.25) is 11.8 Å². The molecule has 1 saturated carbocycles. The Morgan fingerprint density at radius 3 is 2.54 bits per heavy atom. The lowest BCUT2D eigenvalue weighted by atomic mass is 9.83. The quantitative estimate of drug-likeness (QED) is 0.365. The van der Waals surface area contributed by atoms with Gasteiger partial charge in [0, 0.05) is 18.0 Å². The zero-order valence-corrected chi connectivity index (χ0v) is 23.2. The third-order valence-corrected chi connectivity index (χ3v) is 9.49. The van der Waals surface area contributed by atoms with Crippen LogP contribution in [-0.2, 0) is 9.59 Å². The van der Waals surface area contributed by atoms with E-state index in [1.54, 1.807) is 11.3 Å². The Bertz CT molecular complexity index is 1250. The van der Waals surface area contributed by atoms with Crippen molar-refractivity contribution in [2.75, 3.05) is 6.54 Å². The maximum atomic E-state index is 14.1. The lowest BCUT2D eigenvalue weighted by Gasteiger charge is -2.35. The molecule has 196 valence electrons. The molecule has 2 heterocycles. The molecule has 0 bridgehead atoms. The number of fused-ring (bicyclic) bond motifs is 1. The highest BCUT2D eigenvalue weighted by Crippen LogP contribution is 2.40. The fourth-order valence-electron chi connectivity index (χ4n) is 5.87. The van der Waals surface area contributed by atoms with Crippen LogP contribution in [0.25, 0.3) is 21.3 Å². The van der Waals surface area contributed by atoms with E-state index in [0.29, 0.717) is 0 Å². The zero-order chi connectivity index (χ0) is 25.9. The molecule has 0 spiro atoms. The molecule has 3 atom stereocenters. The highest BCUT2D eigenvalue weighted by molar-refractivity contribution is 7.18. The summed E-state index contributed by atoms with van der Waals surface area (Å²) in [5.41, 5.74) is 4.55. The van der Waals surface area contributed by atoms with Crippen LogP contribution in [0.4, 0.5) is 0 Å². The van der Waals surface area contributed by atoms with E-state index >= 15 is 0 Å². The van der Waals surface area contributed by atoms with Gasteiger partial charge >= 0.3 is 0 Å². The molecule has 37 heavy (non-hydrogen) atoms. The summed E-state index contributed by atoms with van der Waals surface area (Å²) >= 11 is 1.71. The monoisotopic (exact) mass is 517 g/mol. The average molecular weight is 518 g/mol. The van der Waals surface area contributed by atoms with Crippen molar-refractivity contribution in [2.24, 2.45) is 11.8 Å². The van der Waals surface area contributed by atoms with Crippen molar-refractivity contribution in [2.45, 2.75) is 84.2 Å². The number of amides is 2. The van der Waals surface area contributed by atoms with Gasteiger partial charge in [-0.15, -0.1) is 11.3 Å². The van der Waals surface area contributed by atoms with Crippen LogP contribution in [0.5, 0.6) is 0 Å². The Kier molecular flexibility index (Phi) is 7.94. The van der Waals surface area contributed by atoms with Crippen LogP contribution >= 0.6 is 11.3 Å². The van der Waals surface area contributed by atoms with Gasteiger partial charge in [-0.05, 0) is 56.6 Å². The zero-order valence-electron chi connectivity index (χ0n) is 22.3. The number of nitrogens with one attached hydrogen (secondary N) is 1. The summed E-state index contributed by atoms with van der Waals surface area (Å²) in [5, 5.41) is 4.21. The number of hydrogen-bond donors (Lipinski definition) is 1. The number of hydrogen-bond acceptors (Lipinski definition) is 4. The summed E-state index contributed by atoms with van der Waals surface area (Å²) in [5.74, 6) is 0.228. The van der Waals surface area contributed by atoms with Crippen LogP contribution < -0.4 is 5.32 Å². The number of aromatic nitrogens is 1. The van der Waals surface area contributed by atoms with Gasteiger partial charge in [-0.3, -0.25) is 9.59 Å². The molecule has 1 N–H and O–H groups in total. The summed E-state index contributed by atoms with van der Waals surface area (Å²) < 4.78 is 1.15. The first-order chi connectivity index (χ1) is 18.0. The second-order valence-corrected chi connectivity index (χ2v) is 12.0. The molecule has 1 aliphatic carbocycles. The molecule has 1 aromatic heterocycles. The van der Waals surface area contributed by atoms with Crippen LogP contribution in [-0.4, -0.2) is 34.3 Å². The Labute approximate surface area is 224 Å². The number of thiazole rings is 1. The number of carbonyl (C=O) groups excluding carboxylic acids is 2. The van der Waals surface area contributed by atoms with E-state index in [1.807, 2.05) is 18.7 Å². The molecule has 1 aliphatic heterocycles. The minimum absolute atomic E-state index is 0.00453. The topological polar surface area (TPSA) is 62.3 Å². The molecule has 0 unspecified atom stereocenters. The average Bonchev–Trinajstić information content (AvgIpc) is 3.59. The van der Waals surface area contributed by atoms with Crippen molar-refractivity contribution in [3.8, 4) is 11.1 Å². The number of para-hydroxylation sites is 1. The van der Waals surface area contributed by atoms with Gasteiger partial charge in [0.1, 0.15) is 11.0 Å². The fraction of sp³-hybridized carbons (Fsp3) is 0.516. The number of benzene rings is 2. The number of likely N-dealkylation sites (tertiary alicyclic amines) is 1. The number of rotatable bonds is 7. The molecule has 2 amide bonds. The van der Waals surface area contributed by atoms with E-state index in [0.717, 1.165) is 77.8 Å². The normalized spacial score (nSPS) is 20.2. The molecule has 0 radical (unpaired) electrons. The lowest BCUT2D eigenvalue weighted by molar-refractivity contribution is -0.140. The van der Waals surface area contributed by atoms with Crippen LogP contribution in [0.15, 0.2) is 42.5 Å². The first-order valence-electron chi connectivity index (χ1n) is 14.0. The first kappa shape index (κ1) is 25.9. The molecule has 3 aromatic rings. The second kappa shape index (κ2) is 11.3. The minimum Gasteiger partial charge on any atom is -0.344 e. The summed E-state index contributed by atoms with van der Waals surface area (Å²) in [6.45, 7) is 6.80. The van der Waals surface area contributed by atoms with Crippen molar-refractivity contribution >= 4 is 33.4 Å². The summed E-state index contributed by atoms with van der Waals surface area (Å²) in [7, 11) is 0. The Morgan fingerprint density at radius 1 is 1.05 bits per heavy atom. The van der Waals surface area contributed by atoms with Gasteiger partial charge in [-0.25, -0.2) is 4.98 Å². The predicted octanol–water partition coefficient (Wildman–Crippen LogP) is 7.05. The van der Waals surface area contributed by atoms with Gasteiger partial charge < -0.3 is 10.2 Å². The maximum absolute atomic E-state index is 14.1. The Morgan fingerprint density at radius 2 is 1.81 bits per heavy atom. The van der Waals surface area contributed by atoms with Crippen LogP contribution in [0, 0.1) is 18.8 Å². The van der Waals surface area contributed by atoms with E-state index in [2.05, 4.69) is 54.7 Å². The maximum Gasteiger partial charge on any atom is 0.246 e. The van der Waals surface area contributed by atoms with Crippen molar-refractivity contribution in [1.29, 1.82) is 0 Å². The minimum atomic E-state index is -0.431. The fourth-order valence-corrected chi connectivity index (χ4v) is 7.01. The molecular formula is C31H39N3O2S. The van der Waals surface area contributed by atoms with E-state index in [9.17, 15) is 9.59 Å². The molecule has 2 aliphatic rings. The second-order valence-electron chi connectivity index (χ2n) is 11.0. The van der Waals surface area contributed by atoms with Gasteiger partial charge in [-0.2, -0.15) is 0 Å². The third-order valence-electron chi connectivity index (χ3n) is 8.36. The number of carbonyl (C=O) groups is 2. The van der Waals surface area contributed by atoms with E-state index in [1.165, 1.54) is 12.0 Å². The molecule has 5 rings (SSSR count). The van der Waals surface area contributed by atoms with Crippen molar-refractivity contribution < 1.29 is 9.59 Å². The van der Waals surface area contributed by atoms with Crippen LogP contribution in [0.3, 0.4) is 0 Å². The van der Waals surface area contributed by atoms with Crippen LogP contribution in [0.2, 0.25) is 0 Å². The Hall–Kier alpha value is -2.73. The van der Waals surface area contributed by atoms with Crippen LogP contribution in [0.1, 0.15) is 81.8 Å². The molecule has 5 nitrogen and oxygen atoms in total. The van der Waals surface area contributed by atoms with Crippen molar-refractivity contribution in [3.05, 3.63) is 53.0 Å². The summed E-state index contributed by atoms with van der Waals surface area (Å²) in [4.78, 5) is 34.2. The standard InChI is InChI=1S/C31H39N3O2S/c1-4-21(3)29(35)32-27(23-10-6-5-7-11-23)31(36)34-19-9-13-25(34)30-33-28-24(12-8-14-26(28)37-30)22-17-15-20(2)16-18-22/h8,12,14-18,21,23,25,27H,4-7,9-11,13,19H2,1-3H3,(H,32,35)/t21-,25+,27+/m1/s1. The van der Waals surface area contributed by atoms with Gasteiger partial charge in [-0.1, -0.05) is 75.1 Å². The van der Waals surface area contributed by atoms with E-state index < -0.39 is 6.04 Å². The SMILES string of the molecule is CC[C@@H](C)C(=O)N[C@H](C(=O)N1CCC[C@H]1c1nc2c(-c3ccc(C)cc3)cccc2s1)C1CCCCC1. The highest BCUT2D eigenvalue weighted by atomic mass is 32.1. The summed E-state index contributed by atoms with van der Waals surface area (Å²) in [6, 6.07) is 14.5. The molecule has 2 fully saturated rings. The molecule has 2 aromatic carbocycles. The van der Waals surface area contributed by atoms with Crippen molar-refractivity contribution in [1.82, 2.24) is 15.2 Å². The smallest absolute Gasteiger partial charge is 0.246 e. The Balaban J connectivity index is 1.44. The third kappa shape index (κ3) is 5.45. The highest BCUT2D eigenvalue weighted by Gasteiger charge is 2.40. The van der Waals surface area contributed by atoms with E-state index in [-0.39, 0.29) is 29.7 Å². The lowest BCUT2D eigenvalue weighted by Crippen LogP contribution is -2.53. The summed E-state index contributed by atoms with van der Waals surface area (Å²) in [6.07, 6.45) is 8.17. The molecular weight excluding hydrogens is 478 g/mol. The van der Waals surface area contributed by atoms with Crippen molar-refractivity contribution in [3.63, 3.8) is 0 Å². The molecule has 6 heteroatoms. The molecule has 1 saturated heterocycles.